The summed E-state index contributed by atoms with van der Waals surface area (Å²) in [5.41, 5.74) is 2.00. The number of imide groups is 1. The van der Waals surface area contributed by atoms with E-state index in [2.05, 4.69) is 15.9 Å². The van der Waals surface area contributed by atoms with E-state index in [1.807, 2.05) is 0 Å². The van der Waals surface area contributed by atoms with Crippen LogP contribution in [-0.2, 0) is 14.4 Å². The fourth-order valence-corrected chi connectivity index (χ4v) is 3.37. The summed E-state index contributed by atoms with van der Waals surface area (Å²) in [5.74, 6) is -1.71. The molecule has 1 aliphatic carbocycles. The lowest BCUT2D eigenvalue weighted by molar-refractivity contribution is -0.131. The Bertz CT molecular complexity index is 800. The largest absolute Gasteiger partial charge is 0.477 e. The fourth-order valence-electron chi connectivity index (χ4n) is 2.95. The molecule has 0 radical (unpaired) electrons. The average Bonchev–Trinajstić information content (AvgIpc) is 2.81. The number of carbonyl (C=O) groups excluding carboxylic acids is 2. The first-order valence-corrected chi connectivity index (χ1v) is 8.58. The van der Waals surface area contributed by atoms with Gasteiger partial charge in [-0.2, -0.15) is 0 Å². The average molecular weight is 411 g/mol. The van der Waals surface area contributed by atoms with Gasteiger partial charge in [-0.25, -0.2) is 9.69 Å². The summed E-state index contributed by atoms with van der Waals surface area (Å²) in [6.45, 7) is 0. The summed E-state index contributed by atoms with van der Waals surface area (Å²) in [6.07, 6.45) is 4.41. The minimum Gasteiger partial charge on any atom is -0.477 e. The lowest BCUT2D eigenvalue weighted by atomic mass is 9.93. The predicted octanol–water partition coefficient (Wildman–Crippen LogP) is 3.90. The van der Waals surface area contributed by atoms with Crippen molar-refractivity contribution in [1.82, 2.24) is 0 Å². The molecule has 3 rings (SSSR count). The number of rotatable bonds is 3. The van der Waals surface area contributed by atoms with Gasteiger partial charge in [-0.3, -0.25) is 9.59 Å². The number of carboxylic acids is 1. The molecule has 1 aromatic rings. The molecule has 0 fully saturated rings. The van der Waals surface area contributed by atoms with Crippen LogP contribution in [0.4, 0.5) is 5.69 Å². The highest BCUT2D eigenvalue weighted by atomic mass is 79.9. The van der Waals surface area contributed by atoms with E-state index in [0.29, 0.717) is 40.3 Å². The number of aliphatic carboxylic acids is 1. The molecule has 7 heteroatoms. The van der Waals surface area contributed by atoms with E-state index in [1.54, 1.807) is 18.2 Å². The number of amides is 2. The van der Waals surface area contributed by atoms with Crippen molar-refractivity contribution in [2.45, 2.75) is 25.7 Å². The number of nitrogens with zero attached hydrogens (tertiary/aromatic N) is 1. The number of anilines is 1. The van der Waals surface area contributed by atoms with Crippen LogP contribution in [0.5, 0.6) is 0 Å². The number of hydrogen-bond acceptors (Lipinski definition) is 3. The van der Waals surface area contributed by atoms with Crippen molar-refractivity contribution in [3.05, 3.63) is 44.4 Å². The number of carboxylic acid groups (broad SMARTS) is 1. The van der Waals surface area contributed by atoms with Gasteiger partial charge in [0.25, 0.3) is 11.8 Å². The smallest absolute Gasteiger partial charge is 0.342 e. The Kier molecular flexibility index (Phi) is 4.60. The quantitative estimate of drug-likeness (QED) is 0.606. The summed E-state index contributed by atoms with van der Waals surface area (Å²) in [6, 6.07) is 4.67. The Hall–Kier alpha value is -1.92. The Morgan fingerprint density at radius 1 is 1.17 bits per heavy atom. The molecule has 1 aromatic carbocycles. The summed E-state index contributed by atoms with van der Waals surface area (Å²) in [5, 5.41) is 9.28. The maximum Gasteiger partial charge on any atom is 0.342 e. The Balaban J connectivity index is 2.00. The van der Waals surface area contributed by atoms with Gasteiger partial charge in [0.1, 0.15) is 4.48 Å². The van der Waals surface area contributed by atoms with E-state index in [4.69, 9.17) is 16.7 Å². The van der Waals surface area contributed by atoms with Crippen LogP contribution in [0.1, 0.15) is 31.2 Å². The molecule has 0 atom stereocenters. The number of halogens is 2. The molecule has 0 aromatic heterocycles. The highest BCUT2D eigenvalue weighted by Gasteiger charge is 2.39. The Morgan fingerprint density at radius 3 is 2.29 bits per heavy atom. The first kappa shape index (κ1) is 16.9. The van der Waals surface area contributed by atoms with Crippen LogP contribution >= 0.6 is 27.5 Å². The first-order valence-electron chi connectivity index (χ1n) is 7.41. The zero-order valence-electron chi connectivity index (χ0n) is 12.5. The van der Waals surface area contributed by atoms with Crippen LogP contribution in [0, 0.1) is 0 Å². The normalized spacial score (nSPS) is 18.2. The lowest BCUT2D eigenvalue weighted by Crippen LogP contribution is -2.31. The van der Waals surface area contributed by atoms with E-state index < -0.39 is 5.97 Å². The van der Waals surface area contributed by atoms with Crippen molar-refractivity contribution < 1.29 is 19.5 Å². The van der Waals surface area contributed by atoms with Crippen LogP contribution in [0.3, 0.4) is 0 Å². The second-order valence-electron chi connectivity index (χ2n) is 5.61. The Labute approximate surface area is 151 Å². The molecule has 5 nitrogen and oxygen atoms in total. The lowest BCUT2D eigenvalue weighted by Gasteiger charge is -2.16. The van der Waals surface area contributed by atoms with Gasteiger partial charge in [-0.05, 0) is 71.5 Å². The zero-order valence-corrected chi connectivity index (χ0v) is 14.9. The molecule has 0 saturated carbocycles. The van der Waals surface area contributed by atoms with Crippen molar-refractivity contribution in [2.24, 2.45) is 0 Å². The molecule has 2 amide bonds. The van der Waals surface area contributed by atoms with Crippen molar-refractivity contribution in [2.75, 3.05) is 4.90 Å². The van der Waals surface area contributed by atoms with Crippen molar-refractivity contribution in [3.8, 4) is 0 Å². The molecule has 0 spiro atoms. The minimum absolute atomic E-state index is 0.0713. The van der Waals surface area contributed by atoms with E-state index in [0.717, 1.165) is 17.7 Å². The minimum atomic E-state index is -1.14. The predicted molar refractivity (Wildman–Crippen MR) is 94.0 cm³/mol. The molecule has 1 N–H and O–H groups in total. The fraction of sp³-hybridized carbons (Fsp3) is 0.235. The van der Waals surface area contributed by atoms with Gasteiger partial charge in [0.15, 0.2) is 0 Å². The summed E-state index contributed by atoms with van der Waals surface area (Å²) >= 11 is 9.03. The standard InChI is InChI=1S/C17H13BrClNO4/c18-13(17(23)24)8-9-7-10(5-6-14(9)19)20-15(21)11-3-1-2-4-12(11)16(20)22/h5-8H,1-4H2,(H,23,24)/b13-8-. The molecule has 24 heavy (non-hydrogen) atoms. The third-order valence-corrected chi connectivity index (χ3v) is 5.03. The first-order chi connectivity index (χ1) is 11.4. The van der Waals surface area contributed by atoms with Gasteiger partial charge < -0.3 is 5.11 Å². The molecule has 124 valence electrons. The van der Waals surface area contributed by atoms with Gasteiger partial charge in [-0.15, -0.1) is 0 Å². The SMILES string of the molecule is O=C(O)/C(Br)=C/c1cc(N2C(=O)C3=C(CCCC3)C2=O)ccc1Cl. The topological polar surface area (TPSA) is 74.7 Å². The second-order valence-corrected chi connectivity index (χ2v) is 6.87. The van der Waals surface area contributed by atoms with Gasteiger partial charge in [0, 0.05) is 16.2 Å². The molecular formula is C17H13BrClNO4. The van der Waals surface area contributed by atoms with Crippen LogP contribution in [-0.4, -0.2) is 22.9 Å². The third-order valence-electron chi connectivity index (χ3n) is 4.11. The van der Waals surface area contributed by atoms with Crippen LogP contribution < -0.4 is 4.90 Å². The highest BCUT2D eigenvalue weighted by molar-refractivity contribution is 9.12. The zero-order chi connectivity index (χ0) is 17.4. The van der Waals surface area contributed by atoms with E-state index >= 15 is 0 Å². The molecule has 1 aliphatic heterocycles. The van der Waals surface area contributed by atoms with Gasteiger partial charge >= 0.3 is 5.97 Å². The van der Waals surface area contributed by atoms with Crippen molar-refractivity contribution in [1.29, 1.82) is 0 Å². The maximum atomic E-state index is 12.6. The van der Waals surface area contributed by atoms with E-state index in [1.165, 1.54) is 6.08 Å². The molecule has 0 unspecified atom stereocenters. The number of benzene rings is 1. The molecular weight excluding hydrogens is 398 g/mol. The monoisotopic (exact) mass is 409 g/mol. The van der Waals surface area contributed by atoms with Crippen molar-refractivity contribution >= 4 is 57.1 Å². The van der Waals surface area contributed by atoms with Gasteiger partial charge in [0.2, 0.25) is 0 Å². The second kappa shape index (κ2) is 6.53. The molecule has 0 saturated heterocycles. The molecule has 0 bridgehead atoms. The van der Waals surface area contributed by atoms with Crippen molar-refractivity contribution in [3.63, 3.8) is 0 Å². The van der Waals surface area contributed by atoms with Crippen LogP contribution in [0.25, 0.3) is 6.08 Å². The number of hydrogen-bond donors (Lipinski definition) is 1. The maximum absolute atomic E-state index is 12.6. The van der Waals surface area contributed by atoms with Crippen LogP contribution in [0.15, 0.2) is 33.8 Å². The summed E-state index contributed by atoms with van der Waals surface area (Å²) in [7, 11) is 0. The molecule has 1 heterocycles. The third kappa shape index (κ3) is 2.91. The van der Waals surface area contributed by atoms with E-state index in [9.17, 15) is 14.4 Å². The summed E-state index contributed by atoms with van der Waals surface area (Å²) < 4.78 is -0.0713. The van der Waals surface area contributed by atoms with Crippen LogP contribution in [0.2, 0.25) is 5.02 Å². The Morgan fingerprint density at radius 2 is 1.75 bits per heavy atom. The number of carbonyl (C=O) groups is 3. The summed E-state index contributed by atoms with van der Waals surface area (Å²) in [4.78, 5) is 37.2. The van der Waals surface area contributed by atoms with Gasteiger partial charge in [-0.1, -0.05) is 11.6 Å². The van der Waals surface area contributed by atoms with E-state index in [-0.39, 0.29) is 16.3 Å². The van der Waals surface area contributed by atoms with Gasteiger partial charge in [0.05, 0.1) is 5.69 Å². The molecule has 2 aliphatic rings. The highest BCUT2D eigenvalue weighted by Crippen LogP contribution is 2.36.